The second-order valence-corrected chi connectivity index (χ2v) is 8.57. The van der Waals surface area contributed by atoms with E-state index in [-0.39, 0.29) is 6.10 Å². The molecule has 0 bridgehead atoms. The van der Waals surface area contributed by atoms with E-state index >= 15 is 0 Å². The molecule has 0 aromatic carbocycles. The number of imidazole rings is 1. The summed E-state index contributed by atoms with van der Waals surface area (Å²) in [5, 5.41) is 0. The molecule has 0 N–H and O–H groups in total. The monoisotopic (exact) mass is 388 g/mol. The number of nitrogens with zero attached hydrogens (tertiary/aromatic N) is 4. The molecule has 0 atom stereocenters. The van der Waals surface area contributed by atoms with Crippen LogP contribution in [0.15, 0.2) is 43.2 Å². The molecule has 3 aromatic rings. The number of rotatable bonds is 5. The van der Waals surface area contributed by atoms with Gasteiger partial charge in [0, 0.05) is 60.9 Å². The lowest BCUT2D eigenvalue weighted by molar-refractivity contribution is -0.133. The van der Waals surface area contributed by atoms with Crippen molar-refractivity contribution in [3.63, 3.8) is 0 Å². The Bertz CT molecular complexity index is 1080. The number of likely N-dealkylation sites (tertiary alicyclic amines) is 1. The van der Waals surface area contributed by atoms with Gasteiger partial charge in [-0.3, -0.25) is 9.78 Å². The average Bonchev–Trinajstić information content (AvgIpc) is 3.28. The fourth-order valence-corrected chi connectivity index (χ4v) is 4.77. The van der Waals surface area contributed by atoms with Gasteiger partial charge >= 0.3 is 0 Å². The van der Waals surface area contributed by atoms with Crippen LogP contribution < -0.4 is 4.74 Å². The van der Waals surface area contributed by atoms with Crippen molar-refractivity contribution in [2.75, 3.05) is 6.54 Å². The van der Waals surface area contributed by atoms with Crippen molar-refractivity contribution >= 4 is 11.4 Å². The standard InChI is InChI=1S/C23H24N4O2/c28-22-2-1-7-27(22)18-8-19(9-18)29-21-12-24-11-20(23(21)15-3-4-15)16-5-6-17-10-25-14-26(17)13-16/h5-6,10-15,18-19H,1-4,7-9H2. The number of hydrogen-bond donors (Lipinski definition) is 0. The quantitative estimate of drug-likeness (QED) is 0.667. The highest BCUT2D eigenvalue weighted by molar-refractivity contribution is 5.78. The SMILES string of the molecule is O=C1CCCN1C1CC(Oc2cncc(-c3ccc4cncn4c3)c2C2CC2)C1. The lowest BCUT2D eigenvalue weighted by Crippen LogP contribution is -2.49. The maximum atomic E-state index is 12.0. The van der Waals surface area contributed by atoms with Crippen LogP contribution in [-0.4, -0.2) is 43.9 Å². The van der Waals surface area contributed by atoms with Gasteiger partial charge in [0.05, 0.1) is 24.2 Å². The van der Waals surface area contributed by atoms with Crippen molar-refractivity contribution in [2.24, 2.45) is 0 Å². The number of carbonyl (C=O) groups is 1. The topological polar surface area (TPSA) is 59.7 Å². The average molecular weight is 388 g/mol. The number of hydrogen-bond acceptors (Lipinski definition) is 4. The van der Waals surface area contributed by atoms with Crippen LogP contribution in [0.5, 0.6) is 5.75 Å². The molecule has 0 spiro atoms. The van der Waals surface area contributed by atoms with Crippen LogP contribution >= 0.6 is 0 Å². The van der Waals surface area contributed by atoms with Gasteiger partial charge < -0.3 is 14.0 Å². The van der Waals surface area contributed by atoms with E-state index in [0.29, 0.717) is 24.3 Å². The molecule has 3 aliphatic rings. The van der Waals surface area contributed by atoms with Gasteiger partial charge in [-0.05, 0) is 31.2 Å². The molecular weight excluding hydrogens is 364 g/mol. The summed E-state index contributed by atoms with van der Waals surface area (Å²) in [7, 11) is 0. The lowest BCUT2D eigenvalue weighted by Gasteiger charge is -2.41. The van der Waals surface area contributed by atoms with E-state index in [1.54, 1.807) is 0 Å². The Kier molecular flexibility index (Phi) is 3.86. The van der Waals surface area contributed by atoms with Crippen LogP contribution in [0.1, 0.15) is 50.0 Å². The molecular formula is C23H24N4O2. The van der Waals surface area contributed by atoms with Crippen LogP contribution in [0, 0.1) is 0 Å². The Morgan fingerprint density at radius 3 is 2.76 bits per heavy atom. The van der Waals surface area contributed by atoms with Crippen molar-refractivity contribution < 1.29 is 9.53 Å². The second-order valence-electron chi connectivity index (χ2n) is 8.57. The maximum Gasteiger partial charge on any atom is 0.222 e. The van der Waals surface area contributed by atoms with Crippen LogP contribution in [0.2, 0.25) is 0 Å². The molecule has 148 valence electrons. The summed E-state index contributed by atoms with van der Waals surface area (Å²) < 4.78 is 8.47. The molecule has 6 nitrogen and oxygen atoms in total. The van der Waals surface area contributed by atoms with Crippen LogP contribution in [0.25, 0.3) is 16.6 Å². The molecule has 3 fully saturated rings. The van der Waals surface area contributed by atoms with Crippen molar-refractivity contribution in [3.05, 3.63) is 48.8 Å². The Labute approximate surface area is 169 Å². The summed E-state index contributed by atoms with van der Waals surface area (Å²) >= 11 is 0. The fraction of sp³-hybridized carbons (Fsp3) is 0.435. The van der Waals surface area contributed by atoms with E-state index in [0.717, 1.165) is 48.2 Å². The van der Waals surface area contributed by atoms with Crippen molar-refractivity contribution in [1.29, 1.82) is 0 Å². The smallest absolute Gasteiger partial charge is 0.222 e. The summed E-state index contributed by atoms with van der Waals surface area (Å²) in [5.41, 5.74) is 4.68. The molecule has 1 aliphatic heterocycles. The Morgan fingerprint density at radius 1 is 1.07 bits per heavy atom. The Morgan fingerprint density at radius 2 is 1.97 bits per heavy atom. The van der Waals surface area contributed by atoms with Gasteiger partial charge in [0.1, 0.15) is 11.9 Å². The molecule has 1 amide bonds. The van der Waals surface area contributed by atoms with Crippen molar-refractivity contribution in [1.82, 2.24) is 19.3 Å². The number of aromatic nitrogens is 3. The third kappa shape index (κ3) is 2.98. The van der Waals surface area contributed by atoms with Crippen molar-refractivity contribution in [3.8, 4) is 16.9 Å². The van der Waals surface area contributed by atoms with Gasteiger partial charge in [-0.25, -0.2) is 4.98 Å². The summed E-state index contributed by atoms with van der Waals surface area (Å²) in [6, 6.07) is 4.59. The first-order valence-corrected chi connectivity index (χ1v) is 10.6. The summed E-state index contributed by atoms with van der Waals surface area (Å²) in [6.45, 7) is 0.914. The molecule has 2 saturated carbocycles. The largest absolute Gasteiger partial charge is 0.488 e. The van der Waals surface area contributed by atoms with Gasteiger partial charge in [0.25, 0.3) is 0 Å². The third-order valence-corrected chi connectivity index (χ3v) is 6.57. The maximum absolute atomic E-state index is 12.0. The zero-order valence-corrected chi connectivity index (χ0v) is 16.3. The van der Waals surface area contributed by atoms with E-state index in [1.807, 2.05) is 29.3 Å². The number of amides is 1. The number of pyridine rings is 2. The predicted molar refractivity (Wildman–Crippen MR) is 109 cm³/mol. The molecule has 2 aliphatic carbocycles. The van der Waals surface area contributed by atoms with E-state index < -0.39 is 0 Å². The minimum Gasteiger partial charge on any atom is -0.488 e. The highest BCUT2D eigenvalue weighted by atomic mass is 16.5. The molecule has 4 heterocycles. The number of ether oxygens (including phenoxy) is 1. The highest BCUT2D eigenvalue weighted by Crippen LogP contribution is 2.49. The molecule has 6 heteroatoms. The third-order valence-electron chi connectivity index (χ3n) is 6.57. The lowest BCUT2D eigenvalue weighted by atomic mass is 9.87. The predicted octanol–water partition coefficient (Wildman–Crippen LogP) is 3.81. The van der Waals surface area contributed by atoms with Crippen molar-refractivity contribution in [2.45, 2.75) is 56.6 Å². The zero-order valence-electron chi connectivity index (χ0n) is 16.3. The van der Waals surface area contributed by atoms with Gasteiger partial charge in [-0.1, -0.05) is 6.07 Å². The minimum absolute atomic E-state index is 0.180. The van der Waals surface area contributed by atoms with Crippen LogP contribution in [0.4, 0.5) is 0 Å². The van der Waals surface area contributed by atoms with E-state index in [1.165, 1.54) is 18.4 Å². The summed E-state index contributed by atoms with van der Waals surface area (Å²) in [4.78, 5) is 22.7. The van der Waals surface area contributed by atoms with Crippen LogP contribution in [0.3, 0.4) is 0 Å². The Balaban J connectivity index is 1.26. The summed E-state index contributed by atoms with van der Waals surface area (Å²) in [5.74, 6) is 1.79. The Hall–Kier alpha value is -2.89. The second kappa shape index (κ2) is 6.58. The van der Waals surface area contributed by atoms with E-state index in [9.17, 15) is 4.79 Å². The highest BCUT2D eigenvalue weighted by Gasteiger charge is 2.40. The van der Waals surface area contributed by atoms with Gasteiger partial charge in [-0.15, -0.1) is 0 Å². The van der Waals surface area contributed by atoms with E-state index in [4.69, 9.17) is 4.74 Å². The van der Waals surface area contributed by atoms with E-state index in [2.05, 4.69) is 33.2 Å². The molecule has 29 heavy (non-hydrogen) atoms. The van der Waals surface area contributed by atoms with Gasteiger partial charge in [0.15, 0.2) is 0 Å². The molecule has 6 rings (SSSR count). The zero-order chi connectivity index (χ0) is 19.4. The normalized spacial score (nSPS) is 24.1. The number of carbonyl (C=O) groups excluding carboxylic acids is 1. The van der Waals surface area contributed by atoms with Crippen LogP contribution in [-0.2, 0) is 4.79 Å². The first-order chi connectivity index (χ1) is 14.3. The summed E-state index contributed by atoms with van der Waals surface area (Å²) in [6.07, 6.45) is 15.8. The van der Waals surface area contributed by atoms with Gasteiger partial charge in [0.2, 0.25) is 5.91 Å². The first kappa shape index (κ1) is 17.0. The molecule has 1 saturated heterocycles. The first-order valence-electron chi connectivity index (χ1n) is 10.6. The van der Waals surface area contributed by atoms with Gasteiger partial charge in [-0.2, -0.15) is 0 Å². The molecule has 0 unspecified atom stereocenters. The molecule has 3 aromatic heterocycles. The molecule has 0 radical (unpaired) electrons. The fourth-order valence-electron chi connectivity index (χ4n) is 4.77. The minimum atomic E-state index is 0.180. The number of fused-ring (bicyclic) bond motifs is 1.